The lowest BCUT2D eigenvalue weighted by Gasteiger charge is -2.24. The van der Waals surface area contributed by atoms with Gasteiger partial charge in [-0.05, 0) is 54.4 Å². The molecular weight excluding hydrogens is 359 g/mol. The number of benzene rings is 1. The third-order valence-corrected chi connectivity index (χ3v) is 4.88. The fraction of sp³-hybridized carbons (Fsp3) is 0.455. The number of aryl methyl sites for hydroxylation is 1. The first-order valence-electron chi connectivity index (χ1n) is 5.29. The van der Waals surface area contributed by atoms with Crippen molar-refractivity contribution in [2.45, 2.75) is 31.2 Å². The maximum atomic E-state index is 13.3. The summed E-state index contributed by atoms with van der Waals surface area (Å²) < 4.78 is 40.2. The van der Waals surface area contributed by atoms with Crippen molar-refractivity contribution < 1.29 is 12.8 Å². The highest BCUT2D eigenvalue weighted by molar-refractivity contribution is 9.10. The molecule has 1 aromatic carbocycles. The minimum atomic E-state index is -3.73. The van der Waals surface area contributed by atoms with Crippen LogP contribution in [0, 0.1) is 12.7 Å². The summed E-state index contributed by atoms with van der Waals surface area (Å²) in [6.07, 6.45) is 0. The van der Waals surface area contributed by atoms with Crippen molar-refractivity contribution in [2.75, 3.05) is 6.54 Å². The number of sulfonamides is 1. The van der Waals surface area contributed by atoms with Gasteiger partial charge < -0.3 is 5.73 Å². The van der Waals surface area contributed by atoms with Crippen molar-refractivity contribution in [2.24, 2.45) is 5.73 Å². The van der Waals surface area contributed by atoms with Gasteiger partial charge in [-0.1, -0.05) is 0 Å². The fourth-order valence-electron chi connectivity index (χ4n) is 1.38. The zero-order chi connectivity index (χ0) is 14.1. The maximum Gasteiger partial charge on any atom is 0.241 e. The molecule has 0 fully saturated rings. The molecule has 0 aromatic heterocycles. The molecule has 0 aliphatic rings. The van der Waals surface area contributed by atoms with Crippen molar-refractivity contribution >= 4 is 38.4 Å². The fourth-order valence-corrected chi connectivity index (χ4v) is 3.55. The van der Waals surface area contributed by atoms with Gasteiger partial charge in [0.15, 0.2) is 0 Å². The van der Waals surface area contributed by atoms with Crippen LogP contribution in [-0.4, -0.2) is 20.5 Å². The van der Waals surface area contributed by atoms with Gasteiger partial charge in [0.2, 0.25) is 10.0 Å². The predicted molar refractivity (Wildman–Crippen MR) is 79.5 cm³/mol. The summed E-state index contributed by atoms with van der Waals surface area (Å²) in [5, 5.41) is 0. The Bertz CT molecular complexity index is 564. The SMILES string of the molecule is Cc1cc(F)c(Br)cc1S(=O)(=O)NC(C)(C)CN.Cl. The van der Waals surface area contributed by atoms with Gasteiger partial charge >= 0.3 is 0 Å². The van der Waals surface area contributed by atoms with E-state index in [0.717, 1.165) is 0 Å². The van der Waals surface area contributed by atoms with E-state index in [4.69, 9.17) is 5.73 Å². The van der Waals surface area contributed by atoms with Crippen molar-refractivity contribution in [3.05, 3.63) is 28.0 Å². The van der Waals surface area contributed by atoms with E-state index in [-0.39, 0.29) is 28.3 Å². The van der Waals surface area contributed by atoms with E-state index >= 15 is 0 Å². The zero-order valence-corrected chi connectivity index (χ0v) is 14.0. The molecule has 1 rings (SSSR count). The predicted octanol–water partition coefficient (Wildman–Crippen LogP) is 2.33. The average molecular weight is 376 g/mol. The Morgan fingerprint density at radius 2 is 1.95 bits per heavy atom. The van der Waals surface area contributed by atoms with Crippen molar-refractivity contribution in [1.29, 1.82) is 0 Å². The Kier molecular flexibility index (Phi) is 6.42. The molecule has 0 radical (unpaired) electrons. The third-order valence-electron chi connectivity index (χ3n) is 2.43. The third kappa shape index (κ3) is 4.68. The Labute approximate surface area is 127 Å². The molecule has 0 atom stereocenters. The number of halogens is 3. The standard InChI is InChI=1S/C11H16BrFN2O2S.ClH/c1-7-4-9(13)8(12)5-10(7)18(16,17)15-11(2,3)6-14;/h4-5,15H,6,14H2,1-3H3;1H. The van der Waals surface area contributed by atoms with Crippen LogP contribution in [0.15, 0.2) is 21.5 Å². The Balaban J connectivity index is 0.00000324. The second kappa shape index (κ2) is 6.49. The summed E-state index contributed by atoms with van der Waals surface area (Å²) in [5.74, 6) is -0.496. The smallest absolute Gasteiger partial charge is 0.241 e. The molecule has 0 saturated carbocycles. The van der Waals surface area contributed by atoms with Crippen LogP contribution in [0.1, 0.15) is 19.4 Å². The quantitative estimate of drug-likeness (QED) is 0.848. The molecular formula is C11H17BrClFN2O2S. The average Bonchev–Trinajstić information content (AvgIpc) is 2.21. The zero-order valence-electron chi connectivity index (χ0n) is 10.8. The molecule has 0 unspecified atom stereocenters. The summed E-state index contributed by atoms with van der Waals surface area (Å²) in [5.41, 5.74) is 5.07. The van der Waals surface area contributed by atoms with Gasteiger partial charge in [-0.25, -0.2) is 17.5 Å². The highest BCUT2D eigenvalue weighted by Gasteiger charge is 2.26. The Morgan fingerprint density at radius 1 is 1.42 bits per heavy atom. The molecule has 0 bridgehead atoms. The highest BCUT2D eigenvalue weighted by Crippen LogP contribution is 2.24. The van der Waals surface area contributed by atoms with Gasteiger partial charge in [0.1, 0.15) is 5.82 Å². The van der Waals surface area contributed by atoms with Crippen LogP contribution in [0.3, 0.4) is 0 Å². The van der Waals surface area contributed by atoms with E-state index in [2.05, 4.69) is 20.7 Å². The first kappa shape index (κ1) is 18.8. The van der Waals surface area contributed by atoms with Crippen LogP contribution in [0.25, 0.3) is 0 Å². The van der Waals surface area contributed by atoms with Gasteiger partial charge in [-0.3, -0.25) is 0 Å². The summed E-state index contributed by atoms with van der Waals surface area (Å²) in [6.45, 7) is 5.06. The molecule has 4 nitrogen and oxygen atoms in total. The van der Waals surface area contributed by atoms with Gasteiger partial charge in [0, 0.05) is 12.1 Å². The molecule has 0 saturated heterocycles. The summed E-state index contributed by atoms with van der Waals surface area (Å²) in [6, 6.07) is 2.42. The summed E-state index contributed by atoms with van der Waals surface area (Å²) in [4.78, 5) is 0.0392. The van der Waals surface area contributed by atoms with E-state index in [1.54, 1.807) is 20.8 Å². The first-order valence-corrected chi connectivity index (χ1v) is 7.56. The number of hydrogen-bond donors (Lipinski definition) is 2. The molecule has 8 heteroatoms. The van der Waals surface area contributed by atoms with E-state index in [1.165, 1.54) is 12.1 Å². The first-order chi connectivity index (χ1) is 8.09. The molecule has 0 amide bonds. The molecule has 0 aliphatic carbocycles. The van der Waals surface area contributed by atoms with Crippen LogP contribution < -0.4 is 10.5 Å². The monoisotopic (exact) mass is 374 g/mol. The number of nitrogens with one attached hydrogen (secondary N) is 1. The van der Waals surface area contributed by atoms with Crippen LogP contribution in [0.5, 0.6) is 0 Å². The second-order valence-corrected chi connectivity index (χ2v) is 7.23. The molecule has 3 N–H and O–H groups in total. The van der Waals surface area contributed by atoms with E-state index in [9.17, 15) is 12.8 Å². The molecule has 19 heavy (non-hydrogen) atoms. The van der Waals surface area contributed by atoms with Gasteiger partial charge in [-0.2, -0.15) is 0 Å². The Hall–Kier alpha value is -0.210. The van der Waals surface area contributed by atoms with E-state index in [0.29, 0.717) is 5.56 Å². The van der Waals surface area contributed by atoms with Crippen LogP contribution >= 0.6 is 28.3 Å². The lowest BCUT2D eigenvalue weighted by Crippen LogP contribution is -2.48. The van der Waals surface area contributed by atoms with Gasteiger partial charge in [0.25, 0.3) is 0 Å². The summed E-state index contributed by atoms with van der Waals surface area (Å²) in [7, 11) is -3.73. The van der Waals surface area contributed by atoms with Crippen molar-refractivity contribution in [3.8, 4) is 0 Å². The number of rotatable bonds is 4. The normalized spacial score (nSPS) is 12.1. The van der Waals surface area contributed by atoms with Crippen molar-refractivity contribution in [3.63, 3.8) is 0 Å². The minimum absolute atomic E-state index is 0. The topological polar surface area (TPSA) is 72.2 Å². The summed E-state index contributed by atoms with van der Waals surface area (Å²) >= 11 is 2.98. The van der Waals surface area contributed by atoms with Crippen molar-refractivity contribution in [1.82, 2.24) is 4.72 Å². The minimum Gasteiger partial charge on any atom is -0.329 e. The lowest BCUT2D eigenvalue weighted by atomic mass is 10.1. The number of nitrogens with two attached hydrogens (primary N) is 1. The van der Waals surface area contributed by atoms with Crippen LogP contribution in [-0.2, 0) is 10.0 Å². The maximum absolute atomic E-state index is 13.3. The van der Waals surface area contributed by atoms with E-state index in [1.807, 2.05) is 0 Å². The van der Waals surface area contributed by atoms with Gasteiger partial charge in [-0.15, -0.1) is 12.4 Å². The lowest BCUT2D eigenvalue weighted by molar-refractivity contribution is 0.462. The second-order valence-electron chi connectivity index (χ2n) is 4.73. The molecule has 110 valence electrons. The largest absolute Gasteiger partial charge is 0.329 e. The Morgan fingerprint density at radius 3 is 2.42 bits per heavy atom. The molecule has 0 heterocycles. The molecule has 0 aliphatic heterocycles. The van der Waals surface area contributed by atoms with Crippen LogP contribution in [0.4, 0.5) is 4.39 Å². The van der Waals surface area contributed by atoms with Gasteiger partial charge in [0.05, 0.1) is 9.37 Å². The number of hydrogen-bond acceptors (Lipinski definition) is 3. The highest BCUT2D eigenvalue weighted by atomic mass is 79.9. The van der Waals surface area contributed by atoms with Crippen LogP contribution in [0.2, 0.25) is 0 Å². The van der Waals surface area contributed by atoms with E-state index < -0.39 is 21.4 Å². The molecule has 0 spiro atoms. The molecule has 1 aromatic rings.